The number of benzene rings is 2. The van der Waals surface area contributed by atoms with Gasteiger partial charge in [0.15, 0.2) is 5.96 Å². The standard InChI is InChI=1S/C22H28N4O.HI/c1-17-8-9-20-19(15-26-21(20)14-17)10-11-24-22(23-2)25-12-13-27-16-18-6-4-3-5-7-18;/h3-9,14-15,26H,10-13,16H2,1-2H3,(H2,23,24,25);1H. The second-order valence-corrected chi connectivity index (χ2v) is 6.58. The highest BCUT2D eigenvalue weighted by atomic mass is 127. The molecule has 1 aromatic heterocycles. The Kier molecular flexibility index (Phi) is 9.30. The third-order valence-corrected chi connectivity index (χ3v) is 4.48. The van der Waals surface area contributed by atoms with Gasteiger partial charge in [0.2, 0.25) is 0 Å². The van der Waals surface area contributed by atoms with E-state index in [1.807, 2.05) is 18.2 Å². The van der Waals surface area contributed by atoms with Crippen molar-refractivity contribution in [2.45, 2.75) is 20.0 Å². The molecule has 2 aromatic carbocycles. The van der Waals surface area contributed by atoms with Crippen LogP contribution in [0.1, 0.15) is 16.7 Å². The van der Waals surface area contributed by atoms with Crippen molar-refractivity contribution < 1.29 is 4.74 Å². The topological polar surface area (TPSA) is 61.4 Å². The lowest BCUT2D eigenvalue weighted by atomic mass is 10.1. The summed E-state index contributed by atoms with van der Waals surface area (Å²) in [4.78, 5) is 7.62. The van der Waals surface area contributed by atoms with Crippen LogP contribution in [0.4, 0.5) is 0 Å². The van der Waals surface area contributed by atoms with Gasteiger partial charge in [-0.1, -0.05) is 42.5 Å². The fraction of sp³-hybridized carbons (Fsp3) is 0.318. The summed E-state index contributed by atoms with van der Waals surface area (Å²) in [6.45, 7) is 4.93. The first-order chi connectivity index (χ1) is 13.3. The number of aromatic amines is 1. The minimum Gasteiger partial charge on any atom is -0.375 e. The van der Waals surface area contributed by atoms with Gasteiger partial charge in [-0.05, 0) is 36.1 Å². The van der Waals surface area contributed by atoms with E-state index in [0.717, 1.165) is 25.5 Å². The lowest BCUT2D eigenvalue weighted by Gasteiger charge is -2.12. The molecule has 0 spiro atoms. The summed E-state index contributed by atoms with van der Waals surface area (Å²) in [5.74, 6) is 0.800. The first-order valence-electron chi connectivity index (χ1n) is 9.39. The molecule has 0 saturated heterocycles. The van der Waals surface area contributed by atoms with Crippen LogP contribution < -0.4 is 10.6 Å². The predicted octanol–water partition coefficient (Wildman–Crippen LogP) is 4.02. The summed E-state index contributed by atoms with van der Waals surface area (Å²) in [5.41, 5.74) is 4.98. The van der Waals surface area contributed by atoms with Gasteiger partial charge in [0, 0.05) is 37.2 Å². The number of ether oxygens (including phenoxy) is 1. The zero-order valence-corrected chi connectivity index (χ0v) is 18.8. The number of halogens is 1. The Bertz CT molecular complexity index is 877. The van der Waals surface area contributed by atoms with Gasteiger partial charge in [-0.15, -0.1) is 24.0 Å². The van der Waals surface area contributed by atoms with E-state index < -0.39 is 0 Å². The zero-order chi connectivity index (χ0) is 18.9. The fourth-order valence-electron chi connectivity index (χ4n) is 3.05. The number of aromatic nitrogens is 1. The van der Waals surface area contributed by atoms with E-state index in [1.54, 1.807) is 7.05 Å². The van der Waals surface area contributed by atoms with E-state index in [1.165, 1.54) is 27.6 Å². The second-order valence-electron chi connectivity index (χ2n) is 6.58. The van der Waals surface area contributed by atoms with Crippen LogP contribution in [-0.4, -0.2) is 37.7 Å². The van der Waals surface area contributed by atoms with Crippen molar-refractivity contribution in [3.63, 3.8) is 0 Å². The molecule has 0 atom stereocenters. The molecule has 1 heterocycles. The summed E-state index contributed by atoms with van der Waals surface area (Å²) in [6, 6.07) is 16.7. The smallest absolute Gasteiger partial charge is 0.191 e. The molecular formula is C22H29IN4O. The number of guanidine groups is 1. The summed E-state index contributed by atoms with van der Waals surface area (Å²) < 4.78 is 5.69. The van der Waals surface area contributed by atoms with Gasteiger partial charge in [-0.3, -0.25) is 4.99 Å². The average Bonchev–Trinajstić information content (AvgIpc) is 3.09. The molecule has 0 bridgehead atoms. The number of hydrogen-bond acceptors (Lipinski definition) is 2. The van der Waals surface area contributed by atoms with Gasteiger partial charge in [0.1, 0.15) is 0 Å². The lowest BCUT2D eigenvalue weighted by molar-refractivity contribution is 0.125. The molecule has 3 rings (SSSR count). The van der Waals surface area contributed by atoms with E-state index >= 15 is 0 Å². The molecule has 5 nitrogen and oxygen atoms in total. The molecule has 0 aliphatic heterocycles. The van der Waals surface area contributed by atoms with Crippen molar-refractivity contribution in [3.05, 3.63) is 71.4 Å². The molecule has 0 radical (unpaired) electrons. The van der Waals surface area contributed by atoms with E-state index in [2.05, 4.69) is 64.1 Å². The largest absolute Gasteiger partial charge is 0.375 e. The molecule has 150 valence electrons. The Balaban J connectivity index is 0.00000280. The molecule has 28 heavy (non-hydrogen) atoms. The second kappa shape index (κ2) is 11.7. The molecular weight excluding hydrogens is 463 g/mol. The van der Waals surface area contributed by atoms with Crippen LogP contribution in [0.5, 0.6) is 0 Å². The van der Waals surface area contributed by atoms with Gasteiger partial charge in [-0.25, -0.2) is 0 Å². The SMILES string of the molecule is CN=C(NCCOCc1ccccc1)NCCc1c[nH]c2cc(C)ccc12.I. The van der Waals surface area contributed by atoms with Crippen molar-refractivity contribution in [2.24, 2.45) is 4.99 Å². The van der Waals surface area contributed by atoms with Gasteiger partial charge >= 0.3 is 0 Å². The number of nitrogens with zero attached hydrogens (tertiary/aromatic N) is 1. The minimum absolute atomic E-state index is 0. The Hall–Kier alpha value is -2.06. The number of hydrogen-bond donors (Lipinski definition) is 3. The number of aliphatic imine (C=N–C) groups is 1. The van der Waals surface area contributed by atoms with E-state index in [-0.39, 0.29) is 24.0 Å². The Morgan fingerprint density at radius 2 is 1.86 bits per heavy atom. The normalized spacial score (nSPS) is 11.3. The summed E-state index contributed by atoms with van der Waals surface area (Å²) >= 11 is 0. The Morgan fingerprint density at radius 3 is 2.64 bits per heavy atom. The quantitative estimate of drug-likeness (QED) is 0.193. The first-order valence-corrected chi connectivity index (χ1v) is 9.39. The molecule has 0 unspecified atom stereocenters. The van der Waals surface area contributed by atoms with Crippen LogP contribution in [-0.2, 0) is 17.8 Å². The number of rotatable bonds is 8. The number of fused-ring (bicyclic) bond motifs is 1. The van der Waals surface area contributed by atoms with Crippen LogP contribution in [0.15, 0.2) is 59.7 Å². The zero-order valence-electron chi connectivity index (χ0n) is 16.5. The molecule has 0 saturated carbocycles. The van der Waals surface area contributed by atoms with E-state index in [9.17, 15) is 0 Å². The third-order valence-electron chi connectivity index (χ3n) is 4.48. The molecule has 6 heteroatoms. The van der Waals surface area contributed by atoms with Crippen molar-refractivity contribution in [2.75, 3.05) is 26.7 Å². The van der Waals surface area contributed by atoms with Crippen LogP contribution >= 0.6 is 24.0 Å². The van der Waals surface area contributed by atoms with Gasteiger partial charge in [-0.2, -0.15) is 0 Å². The maximum Gasteiger partial charge on any atom is 0.191 e. The summed E-state index contributed by atoms with van der Waals surface area (Å²) in [6.07, 6.45) is 3.04. The van der Waals surface area contributed by atoms with Gasteiger partial charge in [0.05, 0.1) is 13.2 Å². The molecule has 0 aliphatic carbocycles. The molecule has 3 aromatic rings. The molecule has 0 amide bonds. The Morgan fingerprint density at radius 1 is 1.07 bits per heavy atom. The highest BCUT2D eigenvalue weighted by Crippen LogP contribution is 2.19. The van der Waals surface area contributed by atoms with Crippen molar-refractivity contribution in [3.8, 4) is 0 Å². The Labute approximate surface area is 184 Å². The van der Waals surface area contributed by atoms with E-state index in [0.29, 0.717) is 13.2 Å². The first kappa shape index (κ1) is 22.2. The van der Waals surface area contributed by atoms with Crippen LogP contribution in [0, 0.1) is 6.92 Å². The molecule has 0 fully saturated rings. The van der Waals surface area contributed by atoms with Crippen molar-refractivity contribution in [1.29, 1.82) is 0 Å². The van der Waals surface area contributed by atoms with Crippen molar-refractivity contribution in [1.82, 2.24) is 15.6 Å². The number of aryl methyl sites for hydroxylation is 1. The lowest BCUT2D eigenvalue weighted by Crippen LogP contribution is -2.39. The third kappa shape index (κ3) is 6.53. The van der Waals surface area contributed by atoms with Gasteiger partial charge in [0.25, 0.3) is 0 Å². The van der Waals surface area contributed by atoms with Crippen molar-refractivity contribution >= 4 is 40.8 Å². The number of nitrogens with one attached hydrogen (secondary N) is 3. The highest BCUT2D eigenvalue weighted by Gasteiger charge is 2.04. The summed E-state index contributed by atoms with van der Waals surface area (Å²) in [5, 5.41) is 7.94. The average molecular weight is 492 g/mol. The monoisotopic (exact) mass is 492 g/mol. The summed E-state index contributed by atoms with van der Waals surface area (Å²) in [7, 11) is 1.79. The predicted molar refractivity (Wildman–Crippen MR) is 128 cm³/mol. The fourth-order valence-corrected chi connectivity index (χ4v) is 3.05. The van der Waals surface area contributed by atoms with Crippen LogP contribution in [0.3, 0.4) is 0 Å². The van der Waals surface area contributed by atoms with Gasteiger partial charge < -0.3 is 20.4 Å². The van der Waals surface area contributed by atoms with Crippen LogP contribution in [0.25, 0.3) is 10.9 Å². The molecule has 0 aliphatic rings. The highest BCUT2D eigenvalue weighted by molar-refractivity contribution is 14.0. The van der Waals surface area contributed by atoms with E-state index in [4.69, 9.17) is 4.74 Å². The maximum atomic E-state index is 5.69. The molecule has 3 N–H and O–H groups in total. The maximum absolute atomic E-state index is 5.69. The van der Waals surface area contributed by atoms with Crippen LogP contribution in [0.2, 0.25) is 0 Å². The number of H-pyrrole nitrogens is 1. The minimum atomic E-state index is 0.